The molecule has 1 unspecified atom stereocenters. The number of likely N-dealkylation sites (tertiary alicyclic amines) is 1. The van der Waals surface area contributed by atoms with Crippen LogP contribution < -0.4 is 14.5 Å². The van der Waals surface area contributed by atoms with Gasteiger partial charge in [0.1, 0.15) is 17.4 Å². The Kier molecular flexibility index (Phi) is 7.46. The van der Waals surface area contributed by atoms with Crippen LogP contribution in [0, 0.1) is 11.8 Å². The molecule has 2 saturated heterocycles. The summed E-state index contributed by atoms with van der Waals surface area (Å²) in [7, 11) is 0. The summed E-state index contributed by atoms with van der Waals surface area (Å²) in [5, 5.41) is 12.5. The Labute approximate surface area is 262 Å². The van der Waals surface area contributed by atoms with E-state index in [2.05, 4.69) is 0 Å². The fourth-order valence-electron chi connectivity index (χ4n) is 7.58. The maximum absolute atomic E-state index is 14.7. The topological polar surface area (TPSA) is 99.6 Å². The molecule has 9 heteroatoms. The maximum Gasteiger partial charge on any atom is 0.253 e. The maximum atomic E-state index is 14.7. The second-order valence-electron chi connectivity index (χ2n) is 12.0. The van der Waals surface area contributed by atoms with Gasteiger partial charge in [-0.2, -0.15) is 0 Å². The van der Waals surface area contributed by atoms with E-state index in [0.717, 1.165) is 10.8 Å². The third kappa shape index (κ3) is 4.56. The minimum absolute atomic E-state index is 0.237. The normalized spacial score (nSPS) is 28.2. The van der Waals surface area contributed by atoms with Gasteiger partial charge in [0.2, 0.25) is 11.8 Å². The Morgan fingerprint density at radius 2 is 1.60 bits per heavy atom. The van der Waals surface area contributed by atoms with Crippen LogP contribution in [-0.4, -0.2) is 77.8 Å². The van der Waals surface area contributed by atoms with Gasteiger partial charge >= 0.3 is 0 Å². The van der Waals surface area contributed by atoms with E-state index in [1.54, 1.807) is 9.80 Å². The highest BCUT2D eigenvalue weighted by molar-refractivity contribution is 6.08. The van der Waals surface area contributed by atoms with Gasteiger partial charge in [-0.1, -0.05) is 61.6 Å². The summed E-state index contributed by atoms with van der Waals surface area (Å²) in [4.78, 5) is 48.6. The largest absolute Gasteiger partial charge is 0.494 e. The Bertz CT molecular complexity index is 1700. The first-order valence-electron chi connectivity index (χ1n) is 15.7. The van der Waals surface area contributed by atoms with Gasteiger partial charge in [-0.3, -0.25) is 14.4 Å². The summed E-state index contributed by atoms with van der Waals surface area (Å²) in [5.41, 5.74) is 0.0166. The molecule has 4 aliphatic heterocycles. The van der Waals surface area contributed by atoms with Crippen LogP contribution in [0.1, 0.15) is 20.3 Å². The fourth-order valence-corrected chi connectivity index (χ4v) is 7.58. The Morgan fingerprint density at radius 1 is 0.889 bits per heavy atom. The van der Waals surface area contributed by atoms with Crippen LogP contribution in [0.25, 0.3) is 10.8 Å². The van der Waals surface area contributed by atoms with Gasteiger partial charge in [-0.25, -0.2) is 0 Å². The number of hydrogen-bond acceptors (Lipinski definition) is 6. The zero-order chi connectivity index (χ0) is 31.3. The molecule has 1 spiro atoms. The van der Waals surface area contributed by atoms with E-state index in [1.807, 2.05) is 105 Å². The minimum Gasteiger partial charge on any atom is -0.494 e. The number of fused-ring (bicyclic) bond motifs is 3. The summed E-state index contributed by atoms with van der Waals surface area (Å²) < 4.78 is 12.4. The molecule has 0 radical (unpaired) electrons. The van der Waals surface area contributed by atoms with Crippen LogP contribution in [0.5, 0.6) is 5.75 Å². The van der Waals surface area contributed by atoms with E-state index < -0.39 is 35.6 Å². The summed E-state index contributed by atoms with van der Waals surface area (Å²) in [5.74, 6) is -1.96. The summed E-state index contributed by atoms with van der Waals surface area (Å²) in [6, 6.07) is 19.5. The molecule has 3 aromatic rings. The van der Waals surface area contributed by atoms with Crippen LogP contribution in [0.2, 0.25) is 0 Å². The van der Waals surface area contributed by atoms with Gasteiger partial charge in [-0.15, -0.1) is 0 Å². The Morgan fingerprint density at radius 3 is 2.33 bits per heavy atom. The van der Waals surface area contributed by atoms with Crippen LogP contribution in [0.3, 0.4) is 0 Å². The number of rotatable bonds is 7. The van der Waals surface area contributed by atoms with Crippen molar-refractivity contribution in [3.05, 3.63) is 91.0 Å². The van der Waals surface area contributed by atoms with E-state index in [0.29, 0.717) is 36.7 Å². The average molecular weight is 608 g/mol. The SMILES string of the molecule is CCOc1ccc(N2CC=C[C@H]3O[C@]45C=CCN(c6ccc7ccccc7c6)C(=O)C4N([C@@H](CC)CO)C(=O)[C@@H]5[C@H]3C2=O)cc1. The van der Waals surface area contributed by atoms with Crippen molar-refractivity contribution in [3.8, 4) is 5.75 Å². The number of aliphatic hydroxyl groups excluding tert-OH is 1. The van der Waals surface area contributed by atoms with E-state index in [1.165, 1.54) is 4.90 Å². The molecule has 4 aliphatic rings. The summed E-state index contributed by atoms with van der Waals surface area (Å²) in [6.07, 6.45) is 7.20. The van der Waals surface area contributed by atoms with Crippen LogP contribution >= 0.6 is 0 Å². The van der Waals surface area contributed by atoms with Crippen LogP contribution in [0.15, 0.2) is 91.0 Å². The molecular weight excluding hydrogens is 570 g/mol. The van der Waals surface area contributed by atoms with Crippen molar-refractivity contribution in [1.29, 1.82) is 0 Å². The monoisotopic (exact) mass is 607 g/mol. The second kappa shape index (κ2) is 11.5. The predicted molar refractivity (Wildman–Crippen MR) is 171 cm³/mol. The number of carbonyl (C=O) groups excluding carboxylic acids is 3. The first-order chi connectivity index (χ1) is 21.9. The number of amides is 3. The predicted octanol–water partition coefficient (Wildman–Crippen LogP) is 4.10. The lowest BCUT2D eigenvalue weighted by Gasteiger charge is -2.38. The van der Waals surface area contributed by atoms with E-state index in [4.69, 9.17) is 9.47 Å². The van der Waals surface area contributed by atoms with E-state index in [9.17, 15) is 19.5 Å². The van der Waals surface area contributed by atoms with Crippen molar-refractivity contribution < 1.29 is 29.0 Å². The highest BCUT2D eigenvalue weighted by atomic mass is 16.5. The van der Waals surface area contributed by atoms with Crippen molar-refractivity contribution in [2.45, 2.75) is 44.1 Å². The highest BCUT2D eigenvalue weighted by Gasteiger charge is 2.72. The molecule has 45 heavy (non-hydrogen) atoms. The molecule has 9 nitrogen and oxygen atoms in total. The van der Waals surface area contributed by atoms with E-state index in [-0.39, 0.29) is 30.9 Å². The highest BCUT2D eigenvalue weighted by Crippen LogP contribution is 2.54. The molecule has 0 saturated carbocycles. The Hall–Kier alpha value is -4.47. The lowest BCUT2D eigenvalue weighted by atomic mass is 9.77. The number of nitrogens with zero attached hydrogens (tertiary/aromatic N) is 3. The summed E-state index contributed by atoms with van der Waals surface area (Å²) >= 11 is 0. The standard InChI is InChI=1S/C36H37N3O6/c1-3-25(22-40)39-32-35(43)38(27-13-12-23-9-5-6-10-24(23)21-27)20-8-18-36(32)31(34(39)42)30-29(45-36)11-7-19-37(33(30)41)26-14-16-28(17-15-26)44-4-2/h5-18,21,25,29-32,40H,3-4,19-20,22H2,1-2H3/t25-,29+,30-,31-,32?,36-/m0/s1. The van der Waals surface area contributed by atoms with Crippen LogP contribution in [-0.2, 0) is 19.1 Å². The van der Waals surface area contributed by atoms with Crippen molar-refractivity contribution in [2.75, 3.05) is 36.1 Å². The number of aliphatic hydroxyl groups is 1. The average Bonchev–Trinajstić information content (AvgIpc) is 3.37. The molecule has 4 heterocycles. The molecule has 0 aromatic heterocycles. The fraction of sp³-hybridized carbons (Fsp3) is 0.361. The number of hydrogen-bond donors (Lipinski definition) is 1. The van der Waals surface area contributed by atoms with Crippen LogP contribution in [0.4, 0.5) is 11.4 Å². The second-order valence-corrected chi connectivity index (χ2v) is 12.0. The number of ether oxygens (including phenoxy) is 2. The molecule has 0 bridgehead atoms. The zero-order valence-electron chi connectivity index (χ0n) is 25.4. The van der Waals surface area contributed by atoms with E-state index >= 15 is 0 Å². The third-order valence-electron chi connectivity index (χ3n) is 9.68. The first kappa shape index (κ1) is 29.3. The van der Waals surface area contributed by atoms with Gasteiger partial charge in [0.15, 0.2) is 0 Å². The van der Waals surface area contributed by atoms with Gasteiger partial charge in [0, 0.05) is 24.5 Å². The number of benzene rings is 3. The lowest BCUT2D eigenvalue weighted by Crippen LogP contribution is -2.58. The quantitative estimate of drug-likeness (QED) is 0.406. The van der Waals surface area contributed by atoms with Gasteiger partial charge in [0.05, 0.1) is 37.2 Å². The molecule has 2 fully saturated rings. The Balaban J connectivity index is 1.30. The van der Waals surface area contributed by atoms with Gasteiger partial charge < -0.3 is 29.3 Å². The number of anilines is 2. The molecule has 0 aliphatic carbocycles. The molecular formula is C36H37N3O6. The summed E-state index contributed by atoms with van der Waals surface area (Å²) in [6.45, 7) is 4.62. The number of carbonyl (C=O) groups is 3. The molecule has 7 rings (SSSR count). The third-order valence-corrected chi connectivity index (χ3v) is 9.68. The molecule has 3 aromatic carbocycles. The minimum atomic E-state index is -1.38. The zero-order valence-corrected chi connectivity index (χ0v) is 25.4. The molecule has 6 atom stereocenters. The van der Waals surface area contributed by atoms with Gasteiger partial charge in [0.25, 0.3) is 5.91 Å². The van der Waals surface area contributed by atoms with Gasteiger partial charge in [-0.05, 0) is 60.5 Å². The first-order valence-corrected chi connectivity index (χ1v) is 15.7. The van der Waals surface area contributed by atoms with Crippen molar-refractivity contribution in [2.24, 2.45) is 11.8 Å². The van der Waals surface area contributed by atoms with Crippen molar-refractivity contribution in [3.63, 3.8) is 0 Å². The van der Waals surface area contributed by atoms with Crippen molar-refractivity contribution >= 4 is 39.9 Å². The molecule has 3 amide bonds. The van der Waals surface area contributed by atoms with Crippen molar-refractivity contribution in [1.82, 2.24) is 4.90 Å². The molecule has 232 valence electrons. The molecule has 1 N–H and O–H groups in total. The lowest BCUT2D eigenvalue weighted by molar-refractivity contribution is -0.144. The smallest absolute Gasteiger partial charge is 0.253 e.